The second-order valence-corrected chi connectivity index (χ2v) is 9.94. The molecule has 3 saturated heterocycles. The molecular weight excluding hydrogens is 546 g/mol. The topological polar surface area (TPSA) is 312 Å². The van der Waals surface area contributed by atoms with Crippen molar-refractivity contribution in [3.8, 4) is 0 Å². The molecule has 3 unspecified atom stereocenters. The van der Waals surface area contributed by atoms with Crippen molar-refractivity contribution in [3.05, 3.63) is 0 Å². The number of ether oxygens (including phenoxy) is 6. The fraction of sp³-hybridized carbons (Fsp3) is 0.955. The molecule has 40 heavy (non-hydrogen) atoms. The van der Waals surface area contributed by atoms with Crippen molar-refractivity contribution in [3.63, 3.8) is 0 Å². The quantitative estimate of drug-likeness (QED) is 0.107. The Kier molecular flexibility index (Phi) is 11.9. The number of nitrogens with two attached hydrogens (primary N) is 3. The van der Waals surface area contributed by atoms with E-state index in [9.17, 15) is 45.6 Å². The van der Waals surface area contributed by atoms with Crippen LogP contribution in [0.2, 0.25) is 0 Å². The predicted molar refractivity (Wildman–Crippen MR) is 128 cm³/mol. The lowest BCUT2D eigenvalue weighted by Crippen LogP contribution is -2.69. The highest BCUT2D eigenvalue weighted by Crippen LogP contribution is 2.32. The van der Waals surface area contributed by atoms with Crippen LogP contribution in [-0.2, 0) is 33.2 Å². The highest BCUT2D eigenvalue weighted by molar-refractivity contribution is 5.72. The summed E-state index contributed by atoms with van der Waals surface area (Å²) < 4.78 is 33.7. The molecule has 0 radical (unpaired) electrons. The fourth-order valence-electron chi connectivity index (χ4n) is 4.85. The summed E-state index contributed by atoms with van der Waals surface area (Å²) in [5.74, 6) is -1.31. The van der Waals surface area contributed by atoms with Crippen LogP contribution >= 0.6 is 0 Å². The van der Waals surface area contributed by atoms with Crippen molar-refractivity contribution in [2.24, 2.45) is 17.2 Å². The minimum Gasteiger partial charge on any atom is -0.479 e. The Bertz CT molecular complexity index is 811. The average molecular weight is 588 g/mol. The highest BCUT2D eigenvalue weighted by Gasteiger charge is 2.53. The van der Waals surface area contributed by atoms with Gasteiger partial charge < -0.3 is 86.5 Å². The van der Waals surface area contributed by atoms with Crippen LogP contribution in [0.1, 0.15) is 13.3 Å². The second-order valence-electron chi connectivity index (χ2n) is 9.94. The Morgan fingerprint density at radius 3 is 1.75 bits per heavy atom. The van der Waals surface area contributed by atoms with Gasteiger partial charge in [-0.15, -0.1) is 0 Å². The molecule has 3 aliphatic heterocycles. The van der Waals surface area contributed by atoms with Gasteiger partial charge in [-0.05, 0) is 6.42 Å². The largest absolute Gasteiger partial charge is 0.479 e. The number of carboxylic acids is 1. The zero-order valence-electron chi connectivity index (χ0n) is 21.7. The summed E-state index contributed by atoms with van der Waals surface area (Å²) in [6.07, 6.45) is -18.6. The summed E-state index contributed by atoms with van der Waals surface area (Å²) in [5.41, 5.74) is 18.1. The third-order valence-corrected chi connectivity index (χ3v) is 7.27. The summed E-state index contributed by atoms with van der Waals surface area (Å²) in [7, 11) is 0. The standard InChI is InChI=1S/C22H41N3O15/c1-2-6(19(32)33)35-18-12(25)20(34)36-9(5-28)17(18)40-22-11(24)15(31)16(8(4-27)38-22)39-21-10(23)14(30)13(29)7(3-26)37-21/h6-18,20-22,26-31,34H,2-5,23-25H2,1H3,(H,32,33)/t6?,7-,8-,9-,10-,11-,12-,13-,14-,15-,16?,17?,18-,20-,21+,22+/m1/s1. The van der Waals surface area contributed by atoms with E-state index in [4.69, 9.17) is 45.6 Å². The second kappa shape index (κ2) is 14.3. The molecule has 0 spiro atoms. The zero-order chi connectivity index (χ0) is 29.9. The van der Waals surface area contributed by atoms with Gasteiger partial charge in [0.05, 0.1) is 37.9 Å². The summed E-state index contributed by atoms with van der Waals surface area (Å²) >= 11 is 0. The van der Waals surface area contributed by atoms with E-state index in [1.54, 1.807) is 6.92 Å². The Balaban J connectivity index is 1.79. The fourth-order valence-corrected chi connectivity index (χ4v) is 4.85. The minimum atomic E-state index is -1.64. The van der Waals surface area contributed by atoms with Gasteiger partial charge in [0.2, 0.25) is 0 Å². The molecule has 0 aromatic carbocycles. The maximum Gasteiger partial charge on any atom is 0.332 e. The van der Waals surface area contributed by atoms with E-state index in [0.717, 1.165) is 0 Å². The molecule has 3 fully saturated rings. The van der Waals surface area contributed by atoms with Gasteiger partial charge in [-0.3, -0.25) is 0 Å². The SMILES string of the molecule is CCC(O[C@H]1C(O[C@@H]2O[C@H](CO)C(O[C@@H]3O[C@H](CO)[C@@H](O)[C@H](O)[C@H]3N)[C@H](O)[C@H]2N)[C@@H](CO)O[C@@H](O)[C@@H]1N)C(=O)O. The molecule has 18 heteroatoms. The molecule has 16 atom stereocenters. The number of rotatable bonds is 11. The van der Waals surface area contributed by atoms with Crippen LogP contribution in [-0.4, -0.2) is 165 Å². The van der Waals surface area contributed by atoms with E-state index >= 15 is 0 Å². The lowest BCUT2D eigenvalue weighted by Gasteiger charge is -2.49. The molecule has 0 amide bonds. The van der Waals surface area contributed by atoms with E-state index in [1.807, 2.05) is 0 Å². The van der Waals surface area contributed by atoms with Crippen LogP contribution in [0.25, 0.3) is 0 Å². The summed E-state index contributed by atoms with van der Waals surface area (Å²) in [5, 5.41) is 80.1. The molecular formula is C22H41N3O15. The van der Waals surface area contributed by atoms with Crippen LogP contribution in [0.3, 0.4) is 0 Å². The molecule has 3 heterocycles. The number of carboxylic acid groups (broad SMARTS) is 1. The normalized spacial score (nSPS) is 47.1. The van der Waals surface area contributed by atoms with Crippen LogP contribution in [0.15, 0.2) is 0 Å². The van der Waals surface area contributed by atoms with Crippen LogP contribution < -0.4 is 17.2 Å². The maximum atomic E-state index is 11.6. The Hall–Kier alpha value is -1.17. The first-order valence-electron chi connectivity index (χ1n) is 12.9. The minimum absolute atomic E-state index is 0.0318. The van der Waals surface area contributed by atoms with Gasteiger partial charge in [0.25, 0.3) is 0 Å². The van der Waals surface area contributed by atoms with Crippen LogP contribution in [0, 0.1) is 0 Å². The number of carbonyl (C=O) groups is 1. The van der Waals surface area contributed by atoms with E-state index in [2.05, 4.69) is 0 Å². The summed E-state index contributed by atoms with van der Waals surface area (Å²) in [6, 6.07) is -4.03. The first-order valence-corrected chi connectivity index (χ1v) is 12.9. The van der Waals surface area contributed by atoms with Gasteiger partial charge in [-0.25, -0.2) is 4.79 Å². The maximum absolute atomic E-state index is 11.6. The van der Waals surface area contributed by atoms with Gasteiger partial charge in [0.15, 0.2) is 25.0 Å². The van der Waals surface area contributed by atoms with E-state index in [0.29, 0.717) is 0 Å². The molecule has 0 aromatic rings. The van der Waals surface area contributed by atoms with Gasteiger partial charge in [-0.1, -0.05) is 6.92 Å². The van der Waals surface area contributed by atoms with Crippen molar-refractivity contribution < 1.29 is 74.1 Å². The molecule has 14 N–H and O–H groups in total. The number of aliphatic carboxylic acids is 1. The van der Waals surface area contributed by atoms with Crippen LogP contribution in [0.5, 0.6) is 0 Å². The van der Waals surface area contributed by atoms with Gasteiger partial charge >= 0.3 is 5.97 Å². The zero-order valence-corrected chi connectivity index (χ0v) is 21.7. The van der Waals surface area contributed by atoms with Crippen molar-refractivity contribution >= 4 is 5.97 Å². The van der Waals surface area contributed by atoms with Crippen molar-refractivity contribution in [2.45, 2.75) is 111 Å². The van der Waals surface area contributed by atoms with E-state index < -0.39 is 124 Å². The number of aliphatic hydroxyl groups excluding tert-OH is 7. The average Bonchev–Trinajstić information content (AvgIpc) is 2.93. The highest BCUT2D eigenvalue weighted by atomic mass is 16.7. The lowest BCUT2D eigenvalue weighted by molar-refractivity contribution is -0.351. The predicted octanol–water partition coefficient (Wildman–Crippen LogP) is -6.79. The molecule has 0 saturated carbocycles. The molecule has 3 rings (SSSR count). The molecule has 0 aromatic heterocycles. The number of aliphatic hydroxyl groups is 7. The summed E-state index contributed by atoms with van der Waals surface area (Å²) in [4.78, 5) is 11.6. The number of hydrogen-bond donors (Lipinski definition) is 11. The molecule has 3 aliphatic rings. The summed E-state index contributed by atoms with van der Waals surface area (Å²) in [6.45, 7) is -0.588. The van der Waals surface area contributed by atoms with Crippen molar-refractivity contribution in [1.29, 1.82) is 0 Å². The van der Waals surface area contributed by atoms with Crippen LogP contribution in [0.4, 0.5) is 0 Å². The number of hydrogen-bond acceptors (Lipinski definition) is 17. The van der Waals surface area contributed by atoms with Crippen molar-refractivity contribution in [2.75, 3.05) is 19.8 Å². The first-order chi connectivity index (χ1) is 18.9. The molecule has 0 bridgehead atoms. The smallest absolute Gasteiger partial charge is 0.332 e. The van der Waals surface area contributed by atoms with Gasteiger partial charge in [0, 0.05) is 0 Å². The molecule has 234 valence electrons. The molecule has 18 nitrogen and oxygen atoms in total. The monoisotopic (exact) mass is 587 g/mol. The third-order valence-electron chi connectivity index (χ3n) is 7.27. The van der Waals surface area contributed by atoms with Crippen molar-refractivity contribution in [1.82, 2.24) is 0 Å². The Labute approximate surface area is 229 Å². The lowest BCUT2D eigenvalue weighted by atomic mass is 9.94. The Morgan fingerprint density at radius 2 is 1.23 bits per heavy atom. The first kappa shape index (κ1) is 33.3. The van der Waals surface area contributed by atoms with Gasteiger partial charge in [0.1, 0.15) is 54.9 Å². The van der Waals surface area contributed by atoms with E-state index in [1.165, 1.54) is 0 Å². The molecule has 0 aliphatic carbocycles. The Morgan fingerprint density at radius 1 is 0.725 bits per heavy atom. The van der Waals surface area contributed by atoms with E-state index in [-0.39, 0.29) is 6.42 Å². The van der Waals surface area contributed by atoms with Gasteiger partial charge in [-0.2, -0.15) is 0 Å². The third kappa shape index (κ3) is 6.89.